The Morgan fingerprint density at radius 2 is 2.08 bits per heavy atom. The molecule has 1 heterocycles. The van der Waals surface area contributed by atoms with Crippen LogP contribution in [-0.2, 0) is 27.8 Å². The Hall–Kier alpha value is -2.49. The molecule has 1 N–H and O–H groups in total. The van der Waals surface area contributed by atoms with Crippen LogP contribution in [0, 0.1) is 11.6 Å². The van der Waals surface area contributed by atoms with Crippen molar-refractivity contribution >= 4 is 29.3 Å². The lowest BCUT2D eigenvalue weighted by Gasteiger charge is -2.12. The number of nitrogens with zero attached hydrogens (tertiary/aromatic N) is 3. The van der Waals surface area contributed by atoms with Gasteiger partial charge in [0.05, 0.1) is 17.5 Å². The molecule has 0 spiro atoms. The Morgan fingerprint density at radius 3 is 2.73 bits per heavy atom. The van der Waals surface area contributed by atoms with Gasteiger partial charge >= 0.3 is 5.97 Å². The first-order valence-electron chi connectivity index (χ1n) is 7.78. The summed E-state index contributed by atoms with van der Waals surface area (Å²) in [5, 5.41) is 10.1. The third kappa shape index (κ3) is 5.01. The quantitative estimate of drug-likeness (QED) is 0.582. The van der Waals surface area contributed by atoms with Crippen LogP contribution >= 0.6 is 11.8 Å². The van der Waals surface area contributed by atoms with Crippen LogP contribution < -0.4 is 5.32 Å². The number of aromatic nitrogens is 3. The fraction of sp³-hybridized carbons (Fsp3) is 0.375. The second-order valence-corrected chi connectivity index (χ2v) is 6.62. The summed E-state index contributed by atoms with van der Waals surface area (Å²) in [7, 11) is 1.67. The number of carbonyl (C=O) groups excluding carboxylic acids is 2. The molecule has 1 aromatic carbocycles. The van der Waals surface area contributed by atoms with Crippen molar-refractivity contribution in [3.8, 4) is 0 Å². The number of hydrogen-bond acceptors (Lipinski definition) is 6. The summed E-state index contributed by atoms with van der Waals surface area (Å²) >= 11 is 1.10. The van der Waals surface area contributed by atoms with Crippen LogP contribution in [0.4, 0.5) is 14.5 Å². The molecule has 0 unspecified atom stereocenters. The number of anilines is 1. The average molecular weight is 384 g/mol. The molecule has 26 heavy (non-hydrogen) atoms. The molecule has 0 radical (unpaired) electrons. The van der Waals surface area contributed by atoms with E-state index in [1.165, 1.54) is 0 Å². The first-order chi connectivity index (χ1) is 12.3. The van der Waals surface area contributed by atoms with Gasteiger partial charge in [0.2, 0.25) is 5.91 Å². The average Bonchev–Trinajstić information content (AvgIpc) is 2.90. The molecule has 0 bridgehead atoms. The monoisotopic (exact) mass is 384 g/mol. The van der Waals surface area contributed by atoms with Gasteiger partial charge in [-0.25, -0.2) is 8.78 Å². The van der Waals surface area contributed by atoms with E-state index in [1.807, 2.05) is 0 Å². The van der Waals surface area contributed by atoms with Gasteiger partial charge in [-0.05, 0) is 26.0 Å². The topological polar surface area (TPSA) is 86.1 Å². The fourth-order valence-electron chi connectivity index (χ4n) is 1.98. The van der Waals surface area contributed by atoms with E-state index in [-0.39, 0.29) is 18.7 Å². The highest BCUT2D eigenvalue weighted by Crippen LogP contribution is 2.23. The Morgan fingerprint density at radius 1 is 1.35 bits per heavy atom. The molecule has 0 aliphatic rings. The first kappa shape index (κ1) is 19.8. The smallest absolute Gasteiger partial charge is 0.313 e. The van der Waals surface area contributed by atoms with Crippen molar-refractivity contribution in [2.45, 2.75) is 30.7 Å². The van der Waals surface area contributed by atoms with E-state index in [1.54, 1.807) is 25.5 Å². The minimum atomic E-state index is -0.856. The number of nitrogens with one attached hydrogen (secondary N) is 1. The van der Waals surface area contributed by atoms with Gasteiger partial charge in [0.25, 0.3) is 0 Å². The van der Waals surface area contributed by atoms with Crippen LogP contribution in [0.3, 0.4) is 0 Å². The van der Waals surface area contributed by atoms with Crippen molar-refractivity contribution in [1.82, 2.24) is 14.8 Å². The lowest BCUT2D eigenvalue weighted by molar-refractivity contribution is -0.142. The van der Waals surface area contributed by atoms with Gasteiger partial charge in [-0.1, -0.05) is 11.8 Å². The lowest BCUT2D eigenvalue weighted by atomic mass is 10.3. The van der Waals surface area contributed by atoms with Gasteiger partial charge in [-0.3, -0.25) is 9.59 Å². The van der Waals surface area contributed by atoms with Gasteiger partial charge in [0, 0.05) is 13.1 Å². The summed E-state index contributed by atoms with van der Waals surface area (Å²) in [5.74, 6) is -2.07. The van der Waals surface area contributed by atoms with Crippen LogP contribution in [0.25, 0.3) is 0 Å². The third-order valence-electron chi connectivity index (χ3n) is 3.37. The fourth-order valence-corrected chi connectivity index (χ4v) is 2.81. The van der Waals surface area contributed by atoms with Crippen LogP contribution in [0.15, 0.2) is 23.4 Å². The highest BCUT2D eigenvalue weighted by molar-refractivity contribution is 8.00. The maximum absolute atomic E-state index is 13.6. The van der Waals surface area contributed by atoms with Crippen LogP contribution in [-0.4, -0.2) is 38.5 Å². The second kappa shape index (κ2) is 8.75. The van der Waals surface area contributed by atoms with Crippen molar-refractivity contribution in [2.24, 2.45) is 7.05 Å². The molecule has 2 rings (SSSR count). The lowest BCUT2D eigenvalue weighted by Crippen LogP contribution is -2.23. The summed E-state index contributed by atoms with van der Waals surface area (Å²) in [6.45, 7) is 3.59. The number of amides is 1. The van der Waals surface area contributed by atoms with Crippen molar-refractivity contribution in [1.29, 1.82) is 0 Å². The van der Waals surface area contributed by atoms with Crippen LogP contribution in [0.5, 0.6) is 0 Å². The molecule has 0 aliphatic heterocycles. The number of halogens is 2. The SMILES string of the molecule is CCOC(=O)Cc1nnc(S[C@H](C)C(=O)Nc2ccc(F)cc2F)n1C. The number of hydrogen-bond donors (Lipinski definition) is 1. The van der Waals surface area contributed by atoms with Crippen molar-refractivity contribution in [3.63, 3.8) is 0 Å². The Bertz CT molecular complexity index is 813. The maximum Gasteiger partial charge on any atom is 0.313 e. The zero-order valence-electron chi connectivity index (χ0n) is 14.5. The summed E-state index contributed by atoms with van der Waals surface area (Å²) in [6.07, 6.45) is -0.0285. The van der Waals surface area contributed by atoms with E-state index in [4.69, 9.17) is 4.74 Å². The minimum absolute atomic E-state index is 0.0285. The van der Waals surface area contributed by atoms with Gasteiger partial charge < -0.3 is 14.6 Å². The minimum Gasteiger partial charge on any atom is -0.466 e. The largest absolute Gasteiger partial charge is 0.466 e. The molecular weight excluding hydrogens is 366 g/mol. The predicted octanol–water partition coefficient (Wildman–Crippen LogP) is 2.32. The van der Waals surface area contributed by atoms with Gasteiger partial charge in [0.1, 0.15) is 23.9 Å². The molecule has 0 saturated carbocycles. The van der Waals surface area contributed by atoms with Crippen molar-refractivity contribution < 1.29 is 23.1 Å². The highest BCUT2D eigenvalue weighted by Gasteiger charge is 2.21. The van der Waals surface area contributed by atoms with Gasteiger partial charge in [0.15, 0.2) is 5.16 Å². The first-order valence-corrected chi connectivity index (χ1v) is 8.66. The number of benzene rings is 1. The normalized spacial score (nSPS) is 11.9. The zero-order valence-corrected chi connectivity index (χ0v) is 15.3. The Labute approximate surface area is 153 Å². The number of thioether (sulfide) groups is 1. The van der Waals surface area contributed by atoms with Gasteiger partial charge in [-0.15, -0.1) is 10.2 Å². The molecule has 140 valence electrons. The van der Waals surface area contributed by atoms with E-state index in [0.29, 0.717) is 17.0 Å². The summed E-state index contributed by atoms with van der Waals surface area (Å²) in [5.41, 5.74) is -0.107. The molecule has 1 amide bonds. The van der Waals surface area contributed by atoms with Crippen LogP contribution in [0.2, 0.25) is 0 Å². The molecule has 10 heteroatoms. The van der Waals surface area contributed by atoms with E-state index in [2.05, 4.69) is 15.5 Å². The van der Waals surface area contributed by atoms with E-state index >= 15 is 0 Å². The summed E-state index contributed by atoms with van der Waals surface area (Å²) in [6, 6.07) is 2.90. The number of carbonyl (C=O) groups is 2. The van der Waals surface area contributed by atoms with Crippen molar-refractivity contribution in [3.05, 3.63) is 35.7 Å². The maximum atomic E-state index is 13.6. The number of esters is 1. The molecular formula is C16H18F2N4O3S. The molecule has 1 atom stereocenters. The number of rotatable bonds is 7. The molecule has 0 fully saturated rings. The zero-order chi connectivity index (χ0) is 19.3. The highest BCUT2D eigenvalue weighted by atomic mass is 32.2. The predicted molar refractivity (Wildman–Crippen MR) is 91.6 cm³/mol. The van der Waals surface area contributed by atoms with Crippen LogP contribution in [0.1, 0.15) is 19.7 Å². The summed E-state index contributed by atoms with van der Waals surface area (Å²) < 4.78 is 33.0. The van der Waals surface area contributed by atoms with E-state index in [9.17, 15) is 18.4 Å². The number of ether oxygens (including phenoxy) is 1. The molecule has 2 aromatic rings. The standard InChI is InChI=1S/C16H18F2N4O3S/c1-4-25-14(23)8-13-20-21-16(22(13)3)26-9(2)15(24)19-12-6-5-10(17)7-11(12)18/h5-7,9H,4,8H2,1-3H3,(H,19,24)/t9-/m1/s1. The summed E-state index contributed by atoms with van der Waals surface area (Å²) in [4.78, 5) is 23.7. The van der Waals surface area contributed by atoms with E-state index in [0.717, 1.165) is 23.9 Å². The molecule has 1 aromatic heterocycles. The molecule has 0 saturated heterocycles. The molecule has 0 aliphatic carbocycles. The van der Waals surface area contributed by atoms with E-state index < -0.39 is 28.8 Å². The molecule has 7 nitrogen and oxygen atoms in total. The van der Waals surface area contributed by atoms with Gasteiger partial charge in [-0.2, -0.15) is 0 Å². The Kier molecular flexibility index (Phi) is 6.67. The van der Waals surface area contributed by atoms with Crippen molar-refractivity contribution in [2.75, 3.05) is 11.9 Å². The Balaban J connectivity index is 2.00. The second-order valence-electron chi connectivity index (χ2n) is 5.31. The third-order valence-corrected chi connectivity index (χ3v) is 4.51.